The molecule has 0 radical (unpaired) electrons. The molecule has 21 heavy (non-hydrogen) atoms. The van der Waals surface area contributed by atoms with Crippen molar-refractivity contribution in [2.24, 2.45) is 0 Å². The van der Waals surface area contributed by atoms with Crippen molar-refractivity contribution in [3.8, 4) is 11.3 Å². The lowest BCUT2D eigenvalue weighted by molar-refractivity contribution is 0.0916. The summed E-state index contributed by atoms with van der Waals surface area (Å²) in [6.45, 7) is 0.832. The number of carbonyl (C=O) groups excluding carboxylic acids is 1. The summed E-state index contributed by atoms with van der Waals surface area (Å²) in [7, 11) is 0. The lowest BCUT2D eigenvalue weighted by Crippen LogP contribution is -2.23. The van der Waals surface area contributed by atoms with Crippen molar-refractivity contribution in [2.45, 2.75) is 25.7 Å². The second kappa shape index (κ2) is 8.21. The normalized spacial score (nSPS) is 10.5. The van der Waals surface area contributed by atoms with Gasteiger partial charge in [-0.1, -0.05) is 48.3 Å². The van der Waals surface area contributed by atoms with Crippen LogP contribution in [0.2, 0.25) is 0 Å². The number of nitrogens with zero attached hydrogens (tertiary/aromatic N) is 1. The van der Waals surface area contributed by atoms with Crippen molar-refractivity contribution in [3.05, 3.63) is 42.2 Å². The monoisotopic (exact) mass is 288 g/mol. The van der Waals surface area contributed by atoms with E-state index in [0.29, 0.717) is 12.2 Å². The zero-order chi connectivity index (χ0) is 14.9. The summed E-state index contributed by atoms with van der Waals surface area (Å²) in [6, 6.07) is 11.2. The Balaban J connectivity index is 1.80. The van der Waals surface area contributed by atoms with Crippen LogP contribution >= 0.6 is 0 Å². The maximum Gasteiger partial charge on any atom is 0.289 e. The third kappa shape index (κ3) is 4.72. The van der Waals surface area contributed by atoms with Gasteiger partial charge in [0.2, 0.25) is 5.76 Å². The van der Waals surface area contributed by atoms with Crippen molar-refractivity contribution in [1.29, 1.82) is 0 Å². The molecule has 0 saturated carbocycles. The van der Waals surface area contributed by atoms with Crippen molar-refractivity contribution in [1.82, 2.24) is 10.5 Å². The number of aliphatic hydroxyl groups excluding tert-OH is 1. The van der Waals surface area contributed by atoms with E-state index in [1.165, 1.54) is 0 Å². The van der Waals surface area contributed by atoms with Crippen LogP contribution in [0, 0.1) is 0 Å². The van der Waals surface area contributed by atoms with Gasteiger partial charge >= 0.3 is 0 Å². The largest absolute Gasteiger partial charge is 0.396 e. The fraction of sp³-hybridized carbons (Fsp3) is 0.375. The van der Waals surface area contributed by atoms with Gasteiger partial charge in [-0.15, -0.1) is 0 Å². The Morgan fingerprint density at radius 3 is 2.67 bits per heavy atom. The molecule has 1 aromatic heterocycles. The molecule has 0 spiro atoms. The Kier molecular flexibility index (Phi) is 5.97. The predicted molar refractivity (Wildman–Crippen MR) is 79.8 cm³/mol. The molecule has 5 nitrogen and oxygen atoms in total. The summed E-state index contributed by atoms with van der Waals surface area (Å²) in [6.07, 6.45) is 3.68. The first-order valence-electron chi connectivity index (χ1n) is 7.22. The van der Waals surface area contributed by atoms with Gasteiger partial charge < -0.3 is 14.9 Å². The van der Waals surface area contributed by atoms with Crippen LogP contribution in [0.4, 0.5) is 0 Å². The molecule has 2 N–H and O–H groups in total. The van der Waals surface area contributed by atoms with E-state index in [-0.39, 0.29) is 18.3 Å². The molecular weight excluding hydrogens is 268 g/mol. The molecule has 2 rings (SSSR count). The zero-order valence-electron chi connectivity index (χ0n) is 11.9. The Bertz CT molecular complexity index is 552. The van der Waals surface area contributed by atoms with Gasteiger partial charge in [0.15, 0.2) is 0 Å². The summed E-state index contributed by atoms with van der Waals surface area (Å²) in [5.41, 5.74) is 1.58. The Labute approximate surface area is 124 Å². The quantitative estimate of drug-likeness (QED) is 0.732. The van der Waals surface area contributed by atoms with Gasteiger partial charge in [0.1, 0.15) is 5.69 Å². The van der Waals surface area contributed by atoms with E-state index in [1.807, 2.05) is 30.3 Å². The maximum atomic E-state index is 11.9. The molecule has 1 amide bonds. The lowest BCUT2D eigenvalue weighted by atomic mass is 10.1. The van der Waals surface area contributed by atoms with E-state index < -0.39 is 0 Å². The fourth-order valence-corrected chi connectivity index (χ4v) is 2.01. The number of aliphatic hydroxyl groups is 1. The molecule has 0 aliphatic heterocycles. The molecule has 0 bridgehead atoms. The average molecular weight is 288 g/mol. The number of hydrogen-bond donors (Lipinski definition) is 2. The highest BCUT2D eigenvalue weighted by Crippen LogP contribution is 2.18. The van der Waals surface area contributed by atoms with Crippen molar-refractivity contribution in [3.63, 3.8) is 0 Å². The maximum absolute atomic E-state index is 11.9. The smallest absolute Gasteiger partial charge is 0.289 e. The predicted octanol–water partition coefficient (Wildman–Crippen LogP) is 2.62. The Hall–Kier alpha value is -2.14. The Morgan fingerprint density at radius 2 is 1.90 bits per heavy atom. The molecule has 0 atom stereocenters. The van der Waals surface area contributed by atoms with Crippen LogP contribution in [-0.4, -0.2) is 29.3 Å². The molecular formula is C16H20N2O3. The van der Waals surface area contributed by atoms with Crippen LogP contribution in [-0.2, 0) is 0 Å². The van der Waals surface area contributed by atoms with E-state index in [1.54, 1.807) is 6.07 Å². The first-order chi connectivity index (χ1) is 10.3. The van der Waals surface area contributed by atoms with Gasteiger partial charge in [0.25, 0.3) is 5.91 Å². The lowest BCUT2D eigenvalue weighted by Gasteiger charge is -2.02. The second-order valence-electron chi connectivity index (χ2n) is 4.84. The van der Waals surface area contributed by atoms with Crippen LogP contribution in [0.15, 0.2) is 40.9 Å². The van der Waals surface area contributed by atoms with E-state index in [4.69, 9.17) is 9.63 Å². The average Bonchev–Trinajstić information content (AvgIpc) is 3.01. The third-order valence-electron chi connectivity index (χ3n) is 3.17. The minimum absolute atomic E-state index is 0.226. The number of rotatable bonds is 8. The third-order valence-corrected chi connectivity index (χ3v) is 3.17. The van der Waals surface area contributed by atoms with Crippen molar-refractivity contribution in [2.75, 3.05) is 13.2 Å². The molecule has 112 valence electrons. The minimum atomic E-state index is -0.244. The zero-order valence-corrected chi connectivity index (χ0v) is 11.9. The molecule has 0 saturated heterocycles. The number of benzene rings is 1. The summed E-state index contributed by atoms with van der Waals surface area (Å²) in [4.78, 5) is 11.9. The Morgan fingerprint density at radius 1 is 1.14 bits per heavy atom. The molecule has 1 aromatic carbocycles. The number of unbranched alkanes of at least 4 members (excludes halogenated alkanes) is 3. The minimum Gasteiger partial charge on any atom is -0.396 e. The first-order valence-corrected chi connectivity index (χ1v) is 7.22. The number of amides is 1. The van der Waals surface area contributed by atoms with E-state index in [2.05, 4.69) is 10.5 Å². The molecule has 5 heteroatoms. The summed E-state index contributed by atoms with van der Waals surface area (Å²) in [5.74, 6) is -0.0175. The number of nitrogens with one attached hydrogen (secondary N) is 1. The van der Waals surface area contributed by atoms with Gasteiger partial charge in [0.05, 0.1) is 0 Å². The van der Waals surface area contributed by atoms with Crippen LogP contribution in [0.1, 0.15) is 36.2 Å². The van der Waals surface area contributed by atoms with Gasteiger partial charge in [-0.25, -0.2) is 0 Å². The first kappa shape index (κ1) is 15.3. The number of hydrogen-bond acceptors (Lipinski definition) is 4. The van der Waals surface area contributed by atoms with Crippen molar-refractivity contribution < 1.29 is 14.4 Å². The van der Waals surface area contributed by atoms with Gasteiger partial charge in [-0.2, -0.15) is 0 Å². The molecule has 0 aliphatic rings. The highest BCUT2D eigenvalue weighted by molar-refractivity contribution is 5.92. The molecule has 0 aliphatic carbocycles. The second-order valence-corrected chi connectivity index (χ2v) is 4.84. The van der Waals surface area contributed by atoms with Crippen LogP contribution in [0.25, 0.3) is 11.3 Å². The molecule has 0 fully saturated rings. The summed E-state index contributed by atoms with van der Waals surface area (Å²) in [5, 5.41) is 15.4. The molecule has 2 aromatic rings. The standard InChI is InChI=1S/C16H20N2O3/c19-11-7-2-1-6-10-17-16(20)15-12-14(18-21-15)13-8-4-3-5-9-13/h3-5,8-9,12,19H,1-2,6-7,10-11H2,(H,17,20). The van der Waals surface area contributed by atoms with Crippen molar-refractivity contribution >= 4 is 5.91 Å². The van der Waals surface area contributed by atoms with Crippen LogP contribution in [0.3, 0.4) is 0 Å². The van der Waals surface area contributed by atoms with E-state index in [9.17, 15) is 4.79 Å². The highest BCUT2D eigenvalue weighted by atomic mass is 16.5. The van der Waals surface area contributed by atoms with Crippen LogP contribution in [0.5, 0.6) is 0 Å². The van der Waals surface area contributed by atoms with Gasteiger partial charge in [-0.05, 0) is 12.8 Å². The van der Waals surface area contributed by atoms with E-state index in [0.717, 1.165) is 31.2 Å². The molecule has 1 heterocycles. The fourth-order valence-electron chi connectivity index (χ4n) is 2.01. The SMILES string of the molecule is O=C(NCCCCCCO)c1cc(-c2ccccc2)no1. The summed E-state index contributed by atoms with van der Waals surface area (Å²) >= 11 is 0. The highest BCUT2D eigenvalue weighted by Gasteiger charge is 2.13. The van der Waals surface area contributed by atoms with Gasteiger partial charge in [0, 0.05) is 24.8 Å². The summed E-state index contributed by atoms with van der Waals surface area (Å²) < 4.78 is 5.08. The van der Waals surface area contributed by atoms with Crippen LogP contribution < -0.4 is 5.32 Å². The number of carbonyl (C=O) groups is 1. The number of aromatic nitrogens is 1. The topological polar surface area (TPSA) is 75.4 Å². The molecule has 0 unspecified atom stereocenters. The van der Waals surface area contributed by atoms with E-state index >= 15 is 0 Å². The van der Waals surface area contributed by atoms with Gasteiger partial charge in [-0.3, -0.25) is 4.79 Å².